The highest BCUT2D eigenvalue weighted by atomic mass is 35.5. The first-order chi connectivity index (χ1) is 18.2. The fourth-order valence-electron chi connectivity index (χ4n) is 3.78. The molecule has 214 valence electrons. The third-order valence-corrected chi connectivity index (χ3v) is 7.78. The number of amides is 2. The van der Waals surface area contributed by atoms with Crippen LogP contribution in [-0.4, -0.2) is 62.0 Å². The van der Waals surface area contributed by atoms with E-state index in [1.54, 1.807) is 19.1 Å². The average Bonchev–Trinajstić information content (AvgIpc) is 2.86. The van der Waals surface area contributed by atoms with Crippen LogP contribution in [0.3, 0.4) is 0 Å². The van der Waals surface area contributed by atoms with Crippen LogP contribution in [0.5, 0.6) is 5.75 Å². The maximum absolute atomic E-state index is 13.8. The third kappa shape index (κ3) is 8.45. The summed E-state index contributed by atoms with van der Waals surface area (Å²) in [7, 11) is -2.87. The molecule has 0 unspecified atom stereocenters. The standard InChI is InChI=1S/C25H32Cl2N4O7S/c1-6-16(3)28-25(33)21(7-2)29(14-17-8-9-18(26)12-20(17)27)24(32)15-30(39(5,36)37)22-13-19(31(34)35)10-11-23(22)38-4/h8-13,16,21H,6-7,14-15H2,1-5H3,(H,28,33)/t16-,21+/m0/s1. The lowest BCUT2D eigenvalue weighted by Crippen LogP contribution is -2.53. The highest BCUT2D eigenvalue weighted by Gasteiger charge is 2.33. The first-order valence-electron chi connectivity index (χ1n) is 12.1. The largest absolute Gasteiger partial charge is 0.495 e. The van der Waals surface area contributed by atoms with Gasteiger partial charge in [0.2, 0.25) is 21.8 Å². The molecule has 0 fully saturated rings. The van der Waals surface area contributed by atoms with Crippen LogP contribution in [0.15, 0.2) is 36.4 Å². The second kappa shape index (κ2) is 13.8. The zero-order valence-electron chi connectivity index (χ0n) is 22.3. The molecular formula is C25H32Cl2N4O7S. The number of carbonyl (C=O) groups excluding carboxylic acids is 2. The van der Waals surface area contributed by atoms with Gasteiger partial charge in [0.05, 0.1) is 18.3 Å². The van der Waals surface area contributed by atoms with E-state index in [1.807, 2.05) is 13.8 Å². The minimum Gasteiger partial charge on any atom is -0.495 e. The maximum Gasteiger partial charge on any atom is 0.271 e. The lowest BCUT2D eigenvalue weighted by atomic mass is 10.1. The highest BCUT2D eigenvalue weighted by Crippen LogP contribution is 2.34. The van der Waals surface area contributed by atoms with Gasteiger partial charge in [-0.3, -0.25) is 24.0 Å². The highest BCUT2D eigenvalue weighted by molar-refractivity contribution is 7.92. The zero-order chi connectivity index (χ0) is 29.5. The van der Waals surface area contributed by atoms with E-state index in [2.05, 4.69) is 5.32 Å². The number of carbonyl (C=O) groups is 2. The molecule has 0 saturated heterocycles. The summed E-state index contributed by atoms with van der Waals surface area (Å²) in [4.78, 5) is 39.0. The Balaban J connectivity index is 2.60. The molecule has 39 heavy (non-hydrogen) atoms. The molecule has 2 rings (SSSR count). The second-order valence-corrected chi connectivity index (χ2v) is 11.6. The first kappa shape index (κ1) is 32.1. The van der Waals surface area contributed by atoms with Crippen molar-refractivity contribution in [1.82, 2.24) is 10.2 Å². The number of ether oxygens (including phenoxy) is 1. The quantitative estimate of drug-likeness (QED) is 0.265. The number of benzene rings is 2. The van der Waals surface area contributed by atoms with Gasteiger partial charge in [-0.15, -0.1) is 0 Å². The van der Waals surface area contributed by atoms with Crippen molar-refractivity contribution < 1.29 is 27.7 Å². The van der Waals surface area contributed by atoms with Crippen molar-refractivity contribution >= 4 is 56.4 Å². The van der Waals surface area contributed by atoms with Crippen molar-refractivity contribution in [2.75, 3.05) is 24.2 Å². The summed E-state index contributed by atoms with van der Waals surface area (Å²) in [6.45, 7) is 4.58. The van der Waals surface area contributed by atoms with Crippen LogP contribution in [0.1, 0.15) is 39.2 Å². The topological polar surface area (TPSA) is 139 Å². The Hall–Kier alpha value is -3.09. The molecular weight excluding hydrogens is 571 g/mol. The Labute approximate surface area is 238 Å². The molecule has 14 heteroatoms. The Morgan fingerprint density at radius 2 is 1.79 bits per heavy atom. The molecule has 2 aromatic carbocycles. The Bertz CT molecular complexity index is 1320. The summed E-state index contributed by atoms with van der Waals surface area (Å²) in [5, 5.41) is 14.9. The number of halogens is 2. The summed E-state index contributed by atoms with van der Waals surface area (Å²) >= 11 is 12.4. The summed E-state index contributed by atoms with van der Waals surface area (Å²) in [5.74, 6) is -1.14. The van der Waals surface area contributed by atoms with Crippen LogP contribution >= 0.6 is 23.2 Å². The molecule has 0 bridgehead atoms. The second-order valence-electron chi connectivity index (χ2n) is 8.88. The molecule has 0 heterocycles. The van der Waals surface area contributed by atoms with E-state index in [0.29, 0.717) is 17.0 Å². The number of rotatable bonds is 13. The minimum absolute atomic E-state index is 0.00711. The van der Waals surface area contributed by atoms with Crippen LogP contribution in [0.4, 0.5) is 11.4 Å². The van der Waals surface area contributed by atoms with E-state index in [9.17, 15) is 28.1 Å². The molecule has 2 aromatic rings. The predicted molar refractivity (Wildman–Crippen MR) is 151 cm³/mol. The molecule has 0 aliphatic rings. The molecule has 2 amide bonds. The van der Waals surface area contributed by atoms with Crippen LogP contribution in [0.2, 0.25) is 10.0 Å². The van der Waals surface area contributed by atoms with Crippen molar-refractivity contribution in [2.45, 2.75) is 52.2 Å². The van der Waals surface area contributed by atoms with Crippen molar-refractivity contribution in [1.29, 1.82) is 0 Å². The fraction of sp³-hybridized carbons (Fsp3) is 0.440. The van der Waals surface area contributed by atoms with E-state index in [-0.39, 0.29) is 35.5 Å². The average molecular weight is 604 g/mol. The van der Waals surface area contributed by atoms with Gasteiger partial charge in [0.15, 0.2) is 0 Å². The summed E-state index contributed by atoms with van der Waals surface area (Å²) in [6, 6.07) is 6.99. The predicted octanol–water partition coefficient (Wildman–Crippen LogP) is 4.40. The number of hydrogen-bond donors (Lipinski definition) is 1. The van der Waals surface area contributed by atoms with Gasteiger partial charge in [0.25, 0.3) is 5.69 Å². The SMILES string of the molecule is CC[C@H](C(=O)N[C@@H](C)CC)N(Cc1ccc(Cl)cc1Cl)C(=O)CN(c1cc([N+](=O)[O-])ccc1OC)S(C)(=O)=O. The molecule has 2 atom stereocenters. The summed E-state index contributed by atoms with van der Waals surface area (Å²) < 4.78 is 31.7. The summed E-state index contributed by atoms with van der Waals surface area (Å²) in [6.07, 6.45) is 1.75. The first-order valence-corrected chi connectivity index (χ1v) is 14.7. The van der Waals surface area contributed by atoms with Crippen LogP contribution in [0.25, 0.3) is 0 Å². The van der Waals surface area contributed by atoms with Gasteiger partial charge in [0.1, 0.15) is 24.0 Å². The Morgan fingerprint density at radius 3 is 2.31 bits per heavy atom. The number of methoxy groups -OCH3 is 1. The molecule has 0 saturated carbocycles. The third-order valence-electron chi connectivity index (χ3n) is 6.06. The van der Waals surface area contributed by atoms with Gasteiger partial charge in [0, 0.05) is 34.8 Å². The normalized spacial score (nSPS) is 12.8. The zero-order valence-corrected chi connectivity index (χ0v) is 24.6. The van der Waals surface area contributed by atoms with E-state index in [0.717, 1.165) is 22.7 Å². The number of hydrogen-bond acceptors (Lipinski definition) is 7. The molecule has 1 N–H and O–H groups in total. The van der Waals surface area contributed by atoms with Gasteiger partial charge < -0.3 is 15.0 Å². The van der Waals surface area contributed by atoms with Crippen molar-refractivity contribution in [3.05, 3.63) is 62.1 Å². The van der Waals surface area contributed by atoms with E-state index < -0.39 is 45.0 Å². The van der Waals surface area contributed by atoms with Crippen molar-refractivity contribution in [3.8, 4) is 5.75 Å². The van der Waals surface area contributed by atoms with Crippen LogP contribution in [0, 0.1) is 10.1 Å². The van der Waals surface area contributed by atoms with Gasteiger partial charge in [-0.05, 0) is 43.5 Å². The number of nitrogens with one attached hydrogen (secondary N) is 1. The fourth-order valence-corrected chi connectivity index (χ4v) is 5.09. The van der Waals surface area contributed by atoms with Gasteiger partial charge in [-0.25, -0.2) is 8.42 Å². The number of nitrogens with zero attached hydrogens (tertiary/aromatic N) is 3. The molecule has 0 aliphatic heterocycles. The van der Waals surface area contributed by atoms with E-state index in [1.165, 1.54) is 24.1 Å². The lowest BCUT2D eigenvalue weighted by Gasteiger charge is -2.33. The smallest absolute Gasteiger partial charge is 0.271 e. The Kier molecular flexibility index (Phi) is 11.4. The molecule has 0 aromatic heterocycles. The monoisotopic (exact) mass is 602 g/mol. The van der Waals surface area contributed by atoms with E-state index >= 15 is 0 Å². The van der Waals surface area contributed by atoms with Gasteiger partial charge in [-0.2, -0.15) is 0 Å². The maximum atomic E-state index is 13.8. The number of nitro groups is 1. The lowest BCUT2D eigenvalue weighted by molar-refractivity contribution is -0.384. The van der Waals surface area contributed by atoms with Crippen molar-refractivity contribution in [2.24, 2.45) is 0 Å². The molecule has 0 aliphatic carbocycles. The number of non-ortho nitro benzene ring substituents is 1. The number of sulfonamides is 1. The van der Waals surface area contributed by atoms with Gasteiger partial charge in [-0.1, -0.05) is 43.1 Å². The number of nitro benzene ring substituents is 1. The molecule has 0 spiro atoms. The van der Waals surface area contributed by atoms with Crippen LogP contribution in [-0.2, 0) is 26.2 Å². The van der Waals surface area contributed by atoms with Crippen LogP contribution < -0.4 is 14.4 Å². The molecule has 0 radical (unpaired) electrons. The summed E-state index contributed by atoms with van der Waals surface area (Å²) in [5.41, 5.74) is -0.0942. The Morgan fingerprint density at radius 1 is 1.13 bits per heavy atom. The van der Waals surface area contributed by atoms with Gasteiger partial charge >= 0.3 is 0 Å². The molecule has 11 nitrogen and oxygen atoms in total. The van der Waals surface area contributed by atoms with Crippen molar-refractivity contribution in [3.63, 3.8) is 0 Å². The van der Waals surface area contributed by atoms with E-state index in [4.69, 9.17) is 27.9 Å². The minimum atomic E-state index is -4.14. The number of anilines is 1.